The van der Waals surface area contributed by atoms with E-state index in [9.17, 15) is 0 Å². The van der Waals surface area contributed by atoms with Crippen molar-refractivity contribution < 1.29 is 4.74 Å². The quantitative estimate of drug-likeness (QED) is 0.811. The molecule has 0 aliphatic rings. The molecule has 1 aromatic carbocycles. The third-order valence-electron chi connectivity index (χ3n) is 3.48. The number of benzene rings is 1. The number of hydrogen-bond acceptors (Lipinski definition) is 2. The van der Waals surface area contributed by atoms with Crippen LogP contribution in [0.15, 0.2) is 30.5 Å². The third-order valence-corrected chi connectivity index (χ3v) is 3.48. The summed E-state index contributed by atoms with van der Waals surface area (Å²) in [4.78, 5) is 0. The molecule has 2 aromatic rings. The molecule has 100 valence electrons. The minimum Gasteiger partial charge on any atom is -0.497 e. The minimum atomic E-state index is -0.230. The van der Waals surface area contributed by atoms with E-state index in [2.05, 4.69) is 29.0 Å². The van der Waals surface area contributed by atoms with Crippen LogP contribution < -0.4 is 4.74 Å². The van der Waals surface area contributed by atoms with E-state index in [1.54, 1.807) is 7.11 Å². The van der Waals surface area contributed by atoms with Gasteiger partial charge in [-0.25, -0.2) is 0 Å². The highest BCUT2D eigenvalue weighted by molar-refractivity contribution is 5.81. The maximum Gasteiger partial charge on any atom is 0.119 e. The molecule has 0 saturated carbocycles. The summed E-state index contributed by atoms with van der Waals surface area (Å²) in [5.41, 5.74) is 0.988. The van der Waals surface area contributed by atoms with Crippen molar-refractivity contribution in [2.24, 2.45) is 5.41 Å². The molecule has 0 radical (unpaired) electrons. The zero-order valence-electron chi connectivity index (χ0n) is 11.8. The van der Waals surface area contributed by atoms with E-state index < -0.39 is 0 Å². The predicted molar refractivity (Wildman–Crippen MR) is 77.1 cm³/mol. The van der Waals surface area contributed by atoms with Crippen molar-refractivity contribution in [2.75, 3.05) is 7.11 Å². The van der Waals surface area contributed by atoms with Gasteiger partial charge in [0, 0.05) is 23.6 Å². The average Bonchev–Trinajstić information content (AvgIpc) is 2.81. The number of fused-ring (bicyclic) bond motifs is 1. The van der Waals surface area contributed by atoms with Crippen LogP contribution in [0.25, 0.3) is 10.9 Å². The molecule has 3 nitrogen and oxygen atoms in total. The van der Waals surface area contributed by atoms with E-state index >= 15 is 0 Å². The molecule has 3 heteroatoms. The molecule has 0 fully saturated rings. The Morgan fingerprint density at radius 2 is 2.11 bits per heavy atom. The lowest BCUT2D eigenvalue weighted by atomic mass is 9.90. The molecule has 1 aromatic heterocycles. The molecule has 0 bridgehead atoms. The second-order valence-corrected chi connectivity index (χ2v) is 5.53. The molecule has 0 amide bonds. The minimum absolute atomic E-state index is 0.230. The van der Waals surface area contributed by atoms with Gasteiger partial charge in [-0.05, 0) is 51.0 Å². The summed E-state index contributed by atoms with van der Waals surface area (Å²) in [6.45, 7) is 4.93. The van der Waals surface area contributed by atoms with Crippen molar-refractivity contribution >= 4 is 10.9 Å². The van der Waals surface area contributed by atoms with Crippen LogP contribution in [0.4, 0.5) is 0 Å². The van der Waals surface area contributed by atoms with E-state index in [1.807, 2.05) is 26.0 Å². The van der Waals surface area contributed by atoms with Gasteiger partial charge in [-0.1, -0.05) is 0 Å². The SMILES string of the molecule is COc1ccc2c(ccn2CCCC(C)(C)C#N)c1. The largest absolute Gasteiger partial charge is 0.497 e. The molecule has 0 N–H and O–H groups in total. The number of nitriles is 1. The van der Waals surface area contributed by atoms with Gasteiger partial charge in [0.05, 0.1) is 18.6 Å². The Hall–Kier alpha value is -1.95. The van der Waals surface area contributed by atoms with Crippen LogP contribution in [0.3, 0.4) is 0 Å². The Morgan fingerprint density at radius 3 is 2.79 bits per heavy atom. The highest BCUT2D eigenvalue weighted by Gasteiger charge is 2.15. The predicted octanol–water partition coefficient (Wildman–Crippen LogP) is 3.98. The second kappa shape index (κ2) is 5.36. The molecule has 0 aliphatic heterocycles. The molecule has 0 unspecified atom stereocenters. The Balaban J connectivity index is 2.08. The van der Waals surface area contributed by atoms with Crippen molar-refractivity contribution in [3.8, 4) is 11.8 Å². The van der Waals surface area contributed by atoms with Gasteiger partial charge in [-0.15, -0.1) is 0 Å². The maximum atomic E-state index is 9.01. The fourth-order valence-electron chi connectivity index (χ4n) is 2.25. The molecular weight excluding hydrogens is 236 g/mol. The van der Waals surface area contributed by atoms with E-state index in [1.165, 1.54) is 10.9 Å². The van der Waals surface area contributed by atoms with Crippen LogP contribution in [0.2, 0.25) is 0 Å². The number of nitrogens with zero attached hydrogens (tertiary/aromatic N) is 2. The summed E-state index contributed by atoms with van der Waals surface area (Å²) in [7, 11) is 1.68. The Labute approximate surface area is 114 Å². The number of aryl methyl sites for hydroxylation is 1. The number of ether oxygens (including phenoxy) is 1. The van der Waals surface area contributed by atoms with Gasteiger partial charge >= 0.3 is 0 Å². The van der Waals surface area contributed by atoms with Gasteiger partial charge in [0.1, 0.15) is 5.75 Å². The van der Waals surface area contributed by atoms with E-state index in [0.717, 1.165) is 25.1 Å². The molecule has 2 rings (SSSR count). The lowest BCUT2D eigenvalue weighted by molar-refractivity contribution is 0.415. The van der Waals surface area contributed by atoms with Crippen molar-refractivity contribution in [1.82, 2.24) is 4.57 Å². The number of rotatable bonds is 5. The molecule has 19 heavy (non-hydrogen) atoms. The zero-order valence-corrected chi connectivity index (χ0v) is 11.8. The summed E-state index contributed by atoms with van der Waals surface area (Å²) in [5, 5.41) is 10.2. The first-order valence-corrected chi connectivity index (χ1v) is 6.60. The first-order valence-electron chi connectivity index (χ1n) is 6.60. The van der Waals surface area contributed by atoms with E-state index in [4.69, 9.17) is 10.00 Å². The van der Waals surface area contributed by atoms with Gasteiger partial charge in [-0.2, -0.15) is 5.26 Å². The van der Waals surface area contributed by atoms with E-state index in [0.29, 0.717) is 0 Å². The van der Waals surface area contributed by atoms with Gasteiger partial charge in [0.2, 0.25) is 0 Å². The summed E-state index contributed by atoms with van der Waals surface area (Å²) in [6.07, 6.45) is 4.03. The molecule has 0 saturated heterocycles. The summed E-state index contributed by atoms with van der Waals surface area (Å²) in [5.74, 6) is 0.885. The lowest BCUT2D eigenvalue weighted by Gasteiger charge is -2.15. The molecule has 0 aliphatic carbocycles. The second-order valence-electron chi connectivity index (χ2n) is 5.53. The van der Waals surface area contributed by atoms with Crippen molar-refractivity contribution in [1.29, 1.82) is 5.26 Å². The van der Waals surface area contributed by atoms with Crippen molar-refractivity contribution in [3.63, 3.8) is 0 Å². The highest BCUT2D eigenvalue weighted by atomic mass is 16.5. The normalized spacial score (nSPS) is 11.5. The standard InChI is InChI=1S/C16H20N2O/c1-16(2,12-17)8-4-9-18-10-7-13-11-14(19-3)5-6-15(13)18/h5-7,10-11H,4,8-9H2,1-3H3. The monoisotopic (exact) mass is 256 g/mol. The Morgan fingerprint density at radius 1 is 1.32 bits per heavy atom. The number of methoxy groups -OCH3 is 1. The lowest BCUT2D eigenvalue weighted by Crippen LogP contribution is -2.09. The Bertz CT molecular complexity index is 605. The first-order chi connectivity index (χ1) is 9.05. The smallest absolute Gasteiger partial charge is 0.119 e. The fourth-order valence-corrected chi connectivity index (χ4v) is 2.25. The van der Waals surface area contributed by atoms with Crippen LogP contribution >= 0.6 is 0 Å². The molecule has 0 spiro atoms. The average molecular weight is 256 g/mol. The molecule has 1 heterocycles. The topological polar surface area (TPSA) is 38.0 Å². The summed E-state index contributed by atoms with van der Waals surface area (Å²) in [6, 6.07) is 10.6. The number of hydrogen-bond donors (Lipinski definition) is 0. The van der Waals surface area contributed by atoms with Gasteiger partial charge in [-0.3, -0.25) is 0 Å². The van der Waals surface area contributed by atoms with Gasteiger partial charge < -0.3 is 9.30 Å². The van der Waals surface area contributed by atoms with Crippen LogP contribution in [0.1, 0.15) is 26.7 Å². The Kier molecular flexibility index (Phi) is 3.80. The summed E-state index contributed by atoms with van der Waals surface area (Å²) < 4.78 is 7.46. The van der Waals surface area contributed by atoms with Gasteiger partial charge in [0.15, 0.2) is 0 Å². The third kappa shape index (κ3) is 3.08. The fraction of sp³-hybridized carbons (Fsp3) is 0.438. The molecule has 0 atom stereocenters. The maximum absolute atomic E-state index is 9.01. The van der Waals surface area contributed by atoms with Crippen molar-refractivity contribution in [2.45, 2.75) is 33.2 Å². The molecular formula is C16H20N2O. The van der Waals surface area contributed by atoms with Crippen LogP contribution in [-0.2, 0) is 6.54 Å². The number of aromatic nitrogens is 1. The first kappa shape index (κ1) is 13.5. The van der Waals surface area contributed by atoms with Crippen LogP contribution in [0, 0.1) is 16.7 Å². The summed E-state index contributed by atoms with van der Waals surface area (Å²) >= 11 is 0. The van der Waals surface area contributed by atoms with Crippen LogP contribution in [0.5, 0.6) is 5.75 Å². The zero-order chi connectivity index (χ0) is 13.9. The van der Waals surface area contributed by atoms with Gasteiger partial charge in [0.25, 0.3) is 0 Å². The van der Waals surface area contributed by atoms with Crippen molar-refractivity contribution in [3.05, 3.63) is 30.5 Å². The van der Waals surface area contributed by atoms with Crippen LogP contribution in [-0.4, -0.2) is 11.7 Å². The highest BCUT2D eigenvalue weighted by Crippen LogP contribution is 2.24. The van der Waals surface area contributed by atoms with E-state index in [-0.39, 0.29) is 5.41 Å².